The van der Waals surface area contributed by atoms with Gasteiger partial charge >= 0.3 is 18.0 Å². The lowest BCUT2D eigenvalue weighted by Crippen LogP contribution is -2.51. The van der Waals surface area contributed by atoms with E-state index in [0.29, 0.717) is 25.9 Å². The fraction of sp³-hybridized carbons (Fsp3) is 0.296. The van der Waals surface area contributed by atoms with Gasteiger partial charge in [-0.05, 0) is 67.8 Å². The van der Waals surface area contributed by atoms with Crippen molar-refractivity contribution in [3.05, 3.63) is 77.1 Å². The number of fused-ring (bicyclic) bond motifs is 4. The largest absolute Gasteiger partial charge is 0.465 e. The fourth-order valence-electron chi connectivity index (χ4n) is 5.11. The second kappa shape index (κ2) is 9.07. The van der Waals surface area contributed by atoms with Crippen molar-refractivity contribution in [2.75, 3.05) is 37.9 Å². The number of piperidine rings is 1. The van der Waals surface area contributed by atoms with Crippen molar-refractivity contribution in [1.82, 2.24) is 9.47 Å². The van der Waals surface area contributed by atoms with Crippen LogP contribution in [0.4, 0.5) is 16.2 Å². The SMILES string of the molecule is COC(=O)c1ccc(C(=O)OC)c(NC(=O)N2CCC3(CC2)Nc2cc(C)ccc2-n2cccc23)c1. The Morgan fingerprint density at radius 2 is 1.72 bits per heavy atom. The van der Waals surface area contributed by atoms with Crippen molar-refractivity contribution in [1.29, 1.82) is 0 Å². The zero-order valence-electron chi connectivity index (χ0n) is 20.5. The Morgan fingerprint density at radius 1 is 0.972 bits per heavy atom. The molecule has 2 N–H and O–H groups in total. The summed E-state index contributed by atoms with van der Waals surface area (Å²) in [6.45, 7) is 3.09. The van der Waals surface area contributed by atoms with E-state index in [4.69, 9.17) is 9.47 Å². The minimum absolute atomic E-state index is 0.158. The maximum absolute atomic E-state index is 13.2. The average Bonchev–Trinajstić information content (AvgIpc) is 3.39. The summed E-state index contributed by atoms with van der Waals surface area (Å²) >= 11 is 0. The Labute approximate surface area is 209 Å². The number of carbonyl (C=O) groups excluding carboxylic acids is 3. The summed E-state index contributed by atoms with van der Waals surface area (Å²) in [7, 11) is 2.53. The molecule has 9 heteroatoms. The number of carbonyl (C=O) groups is 3. The Balaban J connectivity index is 1.35. The highest BCUT2D eigenvalue weighted by Gasteiger charge is 2.42. The predicted molar refractivity (Wildman–Crippen MR) is 135 cm³/mol. The second-order valence-electron chi connectivity index (χ2n) is 9.15. The molecule has 0 bridgehead atoms. The Kier molecular flexibility index (Phi) is 5.91. The zero-order valence-corrected chi connectivity index (χ0v) is 20.5. The first-order chi connectivity index (χ1) is 17.3. The first-order valence-electron chi connectivity index (χ1n) is 11.8. The number of anilines is 2. The minimum atomic E-state index is -0.611. The summed E-state index contributed by atoms with van der Waals surface area (Å²) in [4.78, 5) is 39.2. The van der Waals surface area contributed by atoms with E-state index in [2.05, 4.69) is 58.7 Å². The Morgan fingerprint density at radius 3 is 2.44 bits per heavy atom. The number of urea groups is 1. The van der Waals surface area contributed by atoms with Gasteiger partial charge in [-0.2, -0.15) is 0 Å². The summed E-state index contributed by atoms with van der Waals surface area (Å²) in [5.41, 5.74) is 4.85. The van der Waals surface area contributed by atoms with E-state index in [1.54, 1.807) is 4.90 Å². The molecule has 1 fully saturated rings. The van der Waals surface area contributed by atoms with Crippen LogP contribution < -0.4 is 10.6 Å². The van der Waals surface area contributed by atoms with Gasteiger partial charge in [0.1, 0.15) is 0 Å². The van der Waals surface area contributed by atoms with Gasteiger partial charge in [0.2, 0.25) is 0 Å². The maximum atomic E-state index is 13.2. The van der Waals surface area contributed by atoms with Gasteiger partial charge in [-0.15, -0.1) is 0 Å². The van der Waals surface area contributed by atoms with Crippen molar-refractivity contribution in [2.24, 2.45) is 0 Å². The molecule has 1 spiro atoms. The minimum Gasteiger partial charge on any atom is -0.465 e. The first-order valence-corrected chi connectivity index (χ1v) is 11.8. The highest BCUT2D eigenvalue weighted by Crippen LogP contribution is 2.43. The van der Waals surface area contributed by atoms with Gasteiger partial charge in [0.25, 0.3) is 0 Å². The number of hydrogen-bond acceptors (Lipinski definition) is 6. The highest BCUT2D eigenvalue weighted by molar-refractivity contribution is 6.03. The van der Waals surface area contributed by atoms with Crippen LogP contribution in [0.2, 0.25) is 0 Å². The van der Waals surface area contributed by atoms with Gasteiger partial charge in [-0.3, -0.25) is 0 Å². The van der Waals surface area contributed by atoms with E-state index >= 15 is 0 Å². The summed E-state index contributed by atoms with van der Waals surface area (Å²) < 4.78 is 11.8. The topological polar surface area (TPSA) is 102 Å². The van der Waals surface area contributed by atoms with Crippen LogP contribution in [0.5, 0.6) is 0 Å². The van der Waals surface area contributed by atoms with Crippen LogP contribution in [-0.4, -0.2) is 54.7 Å². The van der Waals surface area contributed by atoms with E-state index in [9.17, 15) is 14.4 Å². The molecule has 186 valence electrons. The smallest absolute Gasteiger partial charge is 0.339 e. The molecule has 0 radical (unpaired) electrons. The number of aromatic nitrogens is 1. The van der Waals surface area contributed by atoms with Gasteiger partial charge in [0.05, 0.1) is 47.9 Å². The second-order valence-corrected chi connectivity index (χ2v) is 9.15. The summed E-state index contributed by atoms with van der Waals surface area (Å²) in [5, 5.41) is 6.57. The van der Waals surface area contributed by atoms with Crippen LogP contribution in [0.25, 0.3) is 5.69 Å². The predicted octanol–water partition coefficient (Wildman–Crippen LogP) is 4.31. The fourth-order valence-corrected chi connectivity index (χ4v) is 5.11. The molecule has 3 aromatic rings. The number of hydrogen-bond donors (Lipinski definition) is 2. The van der Waals surface area contributed by atoms with Crippen LogP contribution in [0, 0.1) is 6.92 Å². The van der Waals surface area contributed by atoms with Crippen LogP contribution in [0.3, 0.4) is 0 Å². The van der Waals surface area contributed by atoms with Gasteiger partial charge in [0, 0.05) is 25.0 Å². The number of likely N-dealkylation sites (tertiary alicyclic amines) is 1. The number of ether oxygens (including phenoxy) is 2. The van der Waals surface area contributed by atoms with Crippen LogP contribution in [0.15, 0.2) is 54.7 Å². The zero-order chi connectivity index (χ0) is 25.4. The lowest BCUT2D eigenvalue weighted by atomic mass is 9.82. The number of rotatable bonds is 3. The molecular formula is C27H28N4O5. The normalized spacial score (nSPS) is 15.4. The molecule has 2 aliphatic heterocycles. The van der Waals surface area contributed by atoms with Crippen LogP contribution in [-0.2, 0) is 15.0 Å². The molecule has 2 aliphatic rings. The number of benzene rings is 2. The molecule has 5 rings (SSSR count). The van der Waals surface area contributed by atoms with Gasteiger partial charge in [-0.25, -0.2) is 14.4 Å². The Hall–Kier alpha value is -4.27. The summed E-state index contributed by atoms with van der Waals surface area (Å²) in [5.74, 6) is -1.18. The molecule has 0 unspecified atom stereocenters. The van der Waals surface area contributed by atoms with Crippen molar-refractivity contribution in [3.63, 3.8) is 0 Å². The van der Waals surface area contributed by atoms with Crippen molar-refractivity contribution in [2.45, 2.75) is 25.3 Å². The lowest BCUT2D eigenvalue weighted by Gasteiger charge is -2.46. The van der Waals surface area contributed by atoms with E-state index in [0.717, 1.165) is 11.4 Å². The third-order valence-electron chi connectivity index (χ3n) is 7.02. The number of esters is 2. The van der Waals surface area contributed by atoms with Gasteiger partial charge < -0.3 is 29.6 Å². The van der Waals surface area contributed by atoms with E-state index in [1.807, 2.05) is 0 Å². The molecule has 0 aliphatic carbocycles. The number of amides is 2. The molecule has 3 heterocycles. The first kappa shape index (κ1) is 23.5. The molecular weight excluding hydrogens is 460 g/mol. The highest BCUT2D eigenvalue weighted by atomic mass is 16.5. The maximum Gasteiger partial charge on any atom is 0.339 e. The van der Waals surface area contributed by atoms with E-state index in [1.165, 1.54) is 43.7 Å². The summed E-state index contributed by atoms with van der Waals surface area (Å²) in [6, 6.07) is 14.5. The summed E-state index contributed by atoms with van der Waals surface area (Å²) in [6.07, 6.45) is 3.50. The number of methoxy groups -OCH3 is 2. The third-order valence-corrected chi connectivity index (χ3v) is 7.02. The van der Waals surface area contributed by atoms with E-state index in [-0.39, 0.29) is 28.4 Å². The standard InChI is InChI=1S/C27H28N4O5/c1-17-6-9-22-21(15-17)29-27(23-5-4-12-31(22)23)10-13-30(14-11-27)26(34)28-20-16-18(24(32)35-2)7-8-19(20)25(33)36-3/h4-9,12,15-16,29H,10-11,13-14H2,1-3H3,(H,28,34). The van der Waals surface area contributed by atoms with Gasteiger partial charge in [-0.1, -0.05) is 6.07 Å². The van der Waals surface area contributed by atoms with Crippen LogP contribution >= 0.6 is 0 Å². The molecule has 9 nitrogen and oxygen atoms in total. The number of nitrogens with one attached hydrogen (secondary N) is 2. The molecule has 1 saturated heterocycles. The quantitative estimate of drug-likeness (QED) is 0.533. The Bertz CT molecular complexity index is 1350. The lowest BCUT2D eigenvalue weighted by molar-refractivity contribution is 0.0587. The number of nitrogens with zero attached hydrogens (tertiary/aromatic N) is 2. The number of aryl methyl sites for hydroxylation is 1. The molecule has 0 atom stereocenters. The van der Waals surface area contributed by atoms with Crippen LogP contribution in [0.1, 0.15) is 44.8 Å². The van der Waals surface area contributed by atoms with Crippen molar-refractivity contribution >= 4 is 29.3 Å². The van der Waals surface area contributed by atoms with Gasteiger partial charge in [0.15, 0.2) is 0 Å². The molecule has 2 aromatic carbocycles. The third kappa shape index (κ3) is 3.96. The molecule has 1 aromatic heterocycles. The molecule has 2 amide bonds. The van der Waals surface area contributed by atoms with Crippen molar-refractivity contribution < 1.29 is 23.9 Å². The average molecular weight is 489 g/mol. The monoisotopic (exact) mass is 488 g/mol. The van der Waals surface area contributed by atoms with E-state index < -0.39 is 11.9 Å². The molecule has 0 saturated carbocycles. The van der Waals surface area contributed by atoms with Crippen molar-refractivity contribution in [3.8, 4) is 5.69 Å². The molecule has 36 heavy (non-hydrogen) atoms.